The van der Waals surface area contributed by atoms with E-state index >= 15 is 0 Å². The van der Waals surface area contributed by atoms with E-state index in [9.17, 15) is 13.6 Å². The minimum Gasteiger partial charge on any atom is -0.478 e. The van der Waals surface area contributed by atoms with Crippen LogP contribution in [0.4, 0.5) is 14.5 Å². The van der Waals surface area contributed by atoms with Crippen LogP contribution in [0.5, 0.6) is 0 Å². The molecule has 2 rings (SSSR count). The minimum atomic E-state index is -1.05. The molecular weight excluding hydrogens is 332 g/mol. The van der Waals surface area contributed by atoms with E-state index in [1.807, 2.05) is 0 Å². The molecule has 104 valence electrons. The molecule has 0 aliphatic carbocycles. The van der Waals surface area contributed by atoms with Crippen LogP contribution in [0.2, 0.25) is 0 Å². The first-order chi connectivity index (χ1) is 9.45. The van der Waals surface area contributed by atoms with Gasteiger partial charge in [-0.2, -0.15) is 0 Å². The molecule has 0 radical (unpaired) electrons. The molecule has 2 aromatic rings. The van der Waals surface area contributed by atoms with Crippen molar-refractivity contribution in [3.63, 3.8) is 0 Å². The normalized spacial score (nSPS) is 10.3. The smallest absolute Gasteiger partial charge is 0.335 e. The van der Waals surface area contributed by atoms with Gasteiger partial charge in [0.1, 0.15) is 11.6 Å². The SMILES string of the molecule is O=C(O)c1cc(Br)cc(NCc2ccc(F)cc2F)c1. The lowest BCUT2D eigenvalue weighted by molar-refractivity contribution is 0.0697. The van der Waals surface area contributed by atoms with Gasteiger partial charge in [0, 0.05) is 28.3 Å². The number of nitrogens with one attached hydrogen (secondary N) is 1. The lowest BCUT2D eigenvalue weighted by Crippen LogP contribution is -2.04. The van der Waals surface area contributed by atoms with Crippen LogP contribution in [0.1, 0.15) is 15.9 Å². The third-order valence-corrected chi connectivity index (χ3v) is 3.10. The maximum Gasteiger partial charge on any atom is 0.335 e. The second kappa shape index (κ2) is 6.00. The van der Waals surface area contributed by atoms with E-state index in [1.165, 1.54) is 24.3 Å². The molecule has 6 heteroatoms. The number of anilines is 1. The number of aromatic carboxylic acids is 1. The Morgan fingerprint density at radius 2 is 1.95 bits per heavy atom. The zero-order valence-electron chi connectivity index (χ0n) is 10.2. The first kappa shape index (κ1) is 14.5. The predicted octanol–water partition coefficient (Wildman–Crippen LogP) is 4.04. The molecule has 0 aliphatic heterocycles. The quantitative estimate of drug-likeness (QED) is 0.882. The van der Waals surface area contributed by atoms with E-state index in [1.54, 1.807) is 6.07 Å². The highest BCUT2D eigenvalue weighted by Crippen LogP contribution is 2.21. The molecule has 20 heavy (non-hydrogen) atoms. The van der Waals surface area contributed by atoms with Gasteiger partial charge < -0.3 is 10.4 Å². The van der Waals surface area contributed by atoms with E-state index in [4.69, 9.17) is 5.11 Å². The number of carbonyl (C=O) groups is 1. The fourth-order valence-corrected chi connectivity index (χ4v) is 2.17. The summed E-state index contributed by atoms with van der Waals surface area (Å²) in [5.41, 5.74) is 0.935. The average molecular weight is 342 g/mol. The van der Waals surface area contributed by atoms with E-state index in [0.717, 1.165) is 6.07 Å². The second-order valence-electron chi connectivity index (χ2n) is 4.12. The van der Waals surface area contributed by atoms with Crippen molar-refractivity contribution in [1.82, 2.24) is 0 Å². The van der Waals surface area contributed by atoms with Crippen LogP contribution in [0.25, 0.3) is 0 Å². The number of halogens is 3. The van der Waals surface area contributed by atoms with Gasteiger partial charge in [0.15, 0.2) is 0 Å². The molecule has 0 unspecified atom stereocenters. The van der Waals surface area contributed by atoms with Gasteiger partial charge in [0.05, 0.1) is 5.56 Å². The standard InChI is InChI=1S/C14H10BrF2NO2/c15-10-3-9(14(19)20)4-12(5-10)18-7-8-1-2-11(16)6-13(8)17/h1-6,18H,7H2,(H,19,20). The molecule has 0 saturated carbocycles. The maximum absolute atomic E-state index is 13.5. The molecule has 0 atom stereocenters. The van der Waals surface area contributed by atoms with Crippen LogP contribution in [-0.2, 0) is 6.54 Å². The van der Waals surface area contributed by atoms with Crippen LogP contribution >= 0.6 is 15.9 Å². The Hall–Kier alpha value is -1.95. The lowest BCUT2D eigenvalue weighted by Gasteiger charge is -2.09. The fraction of sp³-hybridized carbons (Fsp3) is 0.0714. The first-order valence-electron chi connectivity index (χ1n) is 5.67. The summed E-state index contributed by atoms with van der Waals surface area (Å²) in [6.07, 6.45) is 0. The zero-order valence-corrected chi connectivity index (χ0v) is 11.7. The summed E-state index contributed by atoms with van der Waals surface area (Å²) in [5, 5.41) is 11.8. The molecule has 0 spiro atoms. The molecule has 0 amide bonds. The van der Waals surface area contributed by atoms with Gasteiger partial charge in [-0.3, -0.25) is 0 Å². The number of benzene rings is 2. The summed E-state index contributed by atoms with van der Waals surface area (Å²) in [7, 11) is 0. The van der Waals surface area contributed by atoms with Crippen LogP contribution in [0.3, 0.4) is 0 Å². The maximum atomic E-state index is 13.5. The van der Waals surface area contributed by atoms with E-state index in [2.05, 4.69) is 21.2 Å². The average Bonchev–Trinajstić information content (AvgIpc) is 2.37. The number of rotatable bonds is 4. The van der Waals surface area contributed by atoms with E-state index in [-0.39, 0.29) is 12.1 Å². The Morgan fingerprint density at radius 3 is 2.60 bits per heavy atom. The molecule has 0 aliphatic rings. The zero-order chi connectivity index (χ0) is 14.7. The van der Waals surface area contributed by atoms with Crippen molar-refractivity contribution >= 4 is 27.6 Å². The van der Waals surface area contributed by atoms with Crippen LogP contribution in [-0.4, -0.2) is 11.1 Å². The van der Waals surface area contributed by atoms with Crippen molar-refractivity contribution in [1.29, 1.82) is 0 Å². The van der Waals surface area contributed by atoms with Crippen LogP contribution in [0, 0.1) is 11.6 Å². The highest BCUT2D eigenvalue weighted by molar-refractivity contribution is 9.10. The van der Waals surface area contributed by atoms with Crippen molar-refractivity contribution in [2.45, 2.75) is 6.54 Å². The third-order valence-electron chi connectivity index (χ3n) is 2.64. The van der Waals surface area contributed by atoms with E-state index in [0.29, 0.717) is 15.7 Å². The Kier molecular flexibility index (Phi) is 4.34. The van der Waals surface area contributed by atoms with Crippen molar-refractivity contribution in [2.75, 3.05) is 5.32 Å². The lowest BCUT2D eigenvalue weighted by atomic mass is 10.1. The molecule has 2 N–H and O–H groups in total. The summed E-state index contributed by atoms with van der Waals surface area (Å²) in [6, 6.07) is 7.90. The van der Waals surface area contributed by atoms with Crippen LogP contribution < -0.4 is 5.32 Å². The largest absolute Gasteiger partial charge is 0.478 e. The van der Waals surface area contributed by atoms with Crippen LogP contribution in [0.15, 0.2) is 40.9 Å². The second-order valence-corrected chi connectivity index (χ2v) is 5.04. The third kappa shape index (κ3) is 3.54. The van der Waals surface area contributed by atoms with Gasteiger partial charge in [-0.05, 0) is 24.3 Å². The van der Waals surface area contributed by atoms with Crippen molar-refractivity contribution in [3.8, 4) is 0 Å². The van der Waals surface area contributed by atoms with Crippen molar-refractivity contribution in [3.05, 3.63) is 63.6 Å². The van der Waals surface area contributed by atoms with Gasteiger partial charge in [-0.1, -0.05) is 22.0 Å². The van der Waals surface area contributed by atoms with E-state index < -0.39 is 17.6 Å². The molecule has 0 bridgehead atoms. The summed E-state index contributed by atoms with van der Waals surface area (Å²) in [6.45, 7) is 0.127. The Bertz CT molecular complexity index is 662. The molecule has 0 heterocycles. The Balaban J connectivity index is 2.16. The summed E-state index contributed by atoms with van der Waals surface area (Å²) in [4.78, 5) is 10.9. The fourth-order valence-electron chi connectivity index (χ4n) is 1.68. The number of carboxylic acid groups (broad SMARTS) is 1. The molecule has 0 saturated heterocycles. The number of hydrogen-bond acceptors (Lipinski definition) is 2. The van der Waals surface area contributed by atoms with Gasteiger partial charge in [-0.25, -0.2) is 13.6 Å². The van der Waals surface area contributed by atoms with Crippen molar-refractivity contribution < 1.29 is 18.7 Å². The highest BCUT2D eigenvalue weighted by atomic mass is 79.9. The van der Waals surface area contributed by atoms with Gasteiger partial charge in [0.25, 0.3) is 0 Å². The summed E-state index contributed by atoms with van der Waals surface area (Å²) in [5.74, 6) is -2.34. The minimum absolute atomic E-state index is 0.112. The van der Waals surface area contributed by atoms with Gasteiger partial charge in [-0.15, -0.1) is 0 Å². The molecule has 2 aromatic carbocycles. The summed E-state index contributed by atoms with van der Waals surface area (Å²) < 4.78 is 26.8. The number of carboxylic acids is 1. The Labute approximate surface area is 122 Å². The number of hydrogen-bond donors (Lipinski definition) is 2. The molecular formula is C14H10BrF2NO2. The predicted molar refractivity (Wildman–Crippen MR) is 74.8 cm³/mol. The first-order valence-corrected chi connectivity index (χ1v) is 6.46. The topological polar surface area (TPSA) is 49.3 Å². The van der Waals surface area contributed by atoms with Crippen molar-refractivity contribution in [2.24, 2.45) is 0 Å². The van der Waals surface area contributed by atoms with Gasteiger partial charge in [0.2, 0.25) is 0 Å². The molecule has 0 aromatic heterocycles. The molecule has 3 nitrogen and oxygen atoms in total. The highest BCUT2D eigenvalue weighted by Gasteiger charge is 2.07. The monoisotopic (exact) mass is 341 g/mol. The van der Waals surface area contributed by atoms with Gasteiger partial charge >= 0.3 is 5.97 Å². The Morgan fingerprint density at radius 1 is 1.20 bits per heavy atom. The molecule has 0 fully saturated rings. The summed E-state index contributed by atoms with van der Waals surface area (Å²) >= 11 is 3.20.